The molecule has 0 radical (unpaired) electrons. The molecule has 0 unspecified atom stereocenters. The first kappa shape index (κ1) is 33.3. The van der Waals surface area contributed by atoms with Gasteiger partial charge in [0.05, 0.1) is 22.9 Å². The molecule has 0 aliphatic carbocycles. The summed E-state index contributed by atoms with van der Waals surface area (Å²) in [5.41, 5.74) is 14.6. The van der Waals surface area contributed by atoms with Gasteiger partial charge in [-0.15, -0.1) is 0 Å². The number of benzene rings is 10. The van der Waals surface area contributed by atoms with E-state index in [1.54, 1.807) is 0 Å². The van der Waals surface area contributed by atoms with Gasteiger partial charge in [0.2, 0.25) is 0 Å². The lowest BCUT2D eigenvalue weighted by molar-refractivity contribution is 0.670. The van der Waals surface area contributed by atoms with Crippen LogP contribution in [0.5, 0.6) is 0 Å². The molecule has 2 heterocycles. The molecule has 2 aromatic heterocycles. The maximum atomic E-state index is 6.60. The Morgan fingerprint density at radius 1 is 0.339 bits per heavy atom. The normalized spacial score (nSPS) is 11.7. The van der Waals surface area contributed by atoms with E-state index in [4.69, 9.17) is 14.4 Å². The van der Waals surface area contributed by atoms with Crippen LogP contribution in [-0.4, -0.2) is 9.97 Å². The molecule has 0 bridgehead atoms. The largest absolute Gasteiger partial charge is 0.455 e. The van der Waals surface area contributed by atoms with Gasteiger partial charge in [-0.2, -0.15) is 0 Å². The summed E-state index contributed by atoms with van der Waals surface area (Å²) < 4.78 is 6.60. The standard InChI is InChI=1S/C56H34N2O/c1-3-12-35(13-4-1)40-24-27-46-49(32-40)50-33-41(36-14-5-2-6-15-36)25-28-47(50)55-54(46)57-34-51(58-55)43-20-10-18-39(31-43)38-17-9-19-42(30-38)45-22-11-23-48-53-44-21-8-7-16-37(44)26-29-52(53)59-56(45)48/h1-34H. The van der Waals surface area contributed by atoms with Crippen LogP contribution in [0.4, 0.5) is 0 Å². The van der Waals surface area contributed by atoms with Gasteiger partial charge in [-0.25, -0.2) is 4.98 Å². The molecule has 3 heteroatoms. The molecule has 3 nitrogen and oxygen atoms in total. The van der Waals surface area contributed by atoms with Gasteiger partial charge in [0, 0.05) is 32.7 Å². The zero-order chi connectivity index (χ0) is 38.9. The number of para-hydroxylation sites is 1. The second-order valence-electron chi connectivity index (χ2n) is 15.3. The Kier molecular flexibility index (Phi) is 7.54. The third-order valence-electron chi connectivity index (χ3n) is 11.9. The number of nitrogens with zero attached hydrogens (tertiary/aromatic N) is 2. The second kappa shape index (κ2) is 13.4. The molecule has 0 aliphatic rings. The molecular weight excluding hydrogens is 717 g/mol. The number of hydrogen-bond donors (Lipinski definition) is 0. The number of fused-ring (bicyclic) bond motifs is 11. The summed E-state index contributed by atoms with van der Waals surface area (Å²) in [5.74, 6) is 0. The van der Waals surface area contributed by atoms with Crippen LogP contribution in [0.25, 0.3) is 121 Å². The number of rotatable bonds is 5. The van der Waals surface area contributed by atoms with E-state index < -0.39 is 0 Å². The van der Waals surface area contributed by atoms with Crippen LogP contribution in [-0.2, 0) is 0 Å². The molecule has 0 fully saturated rings. The first-order valence-corrected chi connectivity index (χ1v) is 20.0. The van der Waals surface area contributed by atoms with Gasteiger partial charge in [0.25, 0.3) is 0 Å². The second-order valence-corrected chi connectivity index (χ2v) is 15.3. The summed E-state index contributed by atoms with van der Waals surface area (Å²) in [5, 5.41) is 9.22. The van der Waals surface area contributed by atoms with Gasteiger partial charge in [-0.05, 0) is 90.8 Å². The van der Waals surface area contributed by atoms with Gasteiger partial charge in [0.15, 0.2) is 0 Å². The first-order valence-electron chi connectivity index (χ1n) is 20.0. The summed E-state index contributed by atoms with van der Waals surface area (Å²) in [6.45, 7) is 0. The van der Waals surface area contributed by atoms with Crippen molar-refractivity contribution in [3.63, 3.8) is 0 Å². The zero-order valence-corrected chi connectivity index (χ0v) is 31.9. The molecule has 10 aromatic carbocycles. The van der Waals surface area contributed by atoms with E-state index in [0.29, 0.717) is 0 Å². The smallest absolute Gasteiger partial charge is 0.143 e. The molecule has 0 aliphatic heterocycles. The average molecular weight is 751 g/mol. The highest BCUT2D eigenvalue weighted by Crippen LogP contribution is 2.41. The van der Waals surface area contributed by atoms with Crippen LogP contribution in [0.1, 0.15) is 0 Å². The molecule has 0 N–H and O–H groups in total. The van der Waals surface area contributed by atoms with Crippen molar-refractivity contribution in [3.8, 4) is 55.8 Å². The SMILES string of the molecule is c1ccc(-c2ccc3c(c2)c2cc(-c4ccccc4)ccc2c2nc(-c4cccc(-c5cccc(-c6cccc7c6oc6ccc8ccccc8c67)c5)c4)cnc32)cc1. The van der Waals surface area contributed by atoms with Crippen LogP contribution in [0, 0.1) is 0 Å². The van der Waals surface area contributed by atoms with Crippen molar-refractivity contribution < 1.29 is 4.42 Å². The van der Waals surface area contributed by atoms with E-state index in [1.807, 2.05) is 6.20 Å². The maximum Gasteiger partial charge on any atom is 0.143 e. The van der Waals surface area contributed by atoms with E-state index >= 15 is 0 Å². The van der Waals surface area contributed by atoms with Crippen LogP contribution < -0.4 is 0 Å². The molecule has 0 atom stereocenters. The van der Waals surface area contributed by atoms with Gasteiger partial charge >= 0.3 is 0 Å². The minimum atomic E-state index is 0.837. The van der Waals surface area contributed by atoms with Crippen molar-refractivity contribution in [3.05, 3.63) is 206 Å². The third kappa shape index (κ3) is 5.51. The first-order chi connectivity index (χ1) is 29.2. The highest BCUT2D eigenvalue weighted by Gasteiger charge is 2.17. The average Bonchev–Trinajstić information content (AvgIpc) is 3.71. The lowest BCUT2D eigenvalue weighted by Crippen LogP contribution is -1.93. The lowest BCUT2D eigenvalue weighted by atomic mass is 9.93. The lowest BCUT2D eigenvalue weighted by Gasteiger charge is -2.14. The van der Waals surface area contributed by atoms with Gasteiger partial charge in [0.1, 0.15) is 11.2 Å². The van der Waals surface area contributed by atoms with Crippen molar-refractivity contribution in [1.29, 1.82) is 0 Å². The molecule has 12 aromatic rings. The fourth-order valence-corrected chi connectivity index (χ4v) is 9.00. The Morgan fingerprint density at radius 3 is 1.63 bits per heavy atom. The van der Waals surface area contributed by atoms with Crippen LogP contribution >= 0.6 is 0 Å². The van der Waals surface area contributed by atoms with Gasteiger partial charge in [-0.1, -0.05) is 170 Å². The summed E-state index contributed by atoms with van der Waals surface area (Å²) in [4.78, 5) is 10.6. The van der Waals surface area contributed by atoms with Gasteiger partial charge < -0.3 is 4.42 Å². The van der Waals surface area contributed by atoms with Crippen molar-refractivity contribution in [2.24, 2.45) is 0 Å². The van der Waals surface area contributed by atoms with Crippen molar-refractivity contribution in [1.82, 2.24) is 9.97 Å². The molecule has 274 valence electrons. The molecule has 0 spiro atoms. The van der Waals surface area contributed by atoms with E-state index in [0.717, 1.165) is 82.6 Å². The van der Waals surface area contributed by atoms with Crippen LogP contribution in [0.2, 0.25) is 0 Å². The summed E-state index contributed by atoms with van der Waals surface area (Å²) in [6.07, 6.45) is 1.93. The van der Waals surface area contributed by atoms with Crippen LogP contribution in [0.15, 0.2) is 211 Å². The minimum absolute atomic E-state index is 0.837. The predicted octanol–water partition coefficient (Wildman–Crippen LogP) is 15.3. The van der Waals surface area contributed by atoms with E-state index in [9.17, 15) is 0 Å². The number of hydrogen-bond acceptors (Lipinski definition) is 3. The van der Waals surface area contributed by atoms with E-state index in [1.165, 1.54) is 38.4 Å². The molecule has 0 amide bonds. The Balaban J connectivity index is 0.978. The van der Waals surface area contributed by atoms with Gasteiger partial charge in [-0.3, -0.25) is 4.98 Å². The quantitative estimate of drug-likeness (QED) is 0.164. The summed E-state index contributed by atoms with van der Waals surface area (Å²) in [6, 6.07) is 71.2. The molecule has 0 saturated carbocycles. The molecule has 0 saturated heterocycles. The third-order valence-corrected chi connectivity index (χ3v) is 11.9. The molecule has 12 rings (SSSR count). The zero-order valence-electron chi connectivity index (χ0n) is 31.9. The van der Waals surface area contributed by atoms with Crippen LogP contribution in [0.3, 0.4) is 0 Å². The summed E-state index contributed by atoms with van der Waals surface area (Å²) in [7, 11) is 0. The Hall–Kier alpha value is -7.88. The maximum absolute atomic E-state index is 6.60. The highest BCUT2D eigenvalue weighted by molar-refractivity contribution is 6.24. The Bertz CT molecular complexity index is 3610. The molecule has 59 heavy (non-hydrogen) atoms. The van der Waals surface area contributed by atoms with Crippen molar-refractivity contribution in [2.75, 3.05) is 0 Å². The minimum Gasteiger partial charge on any atom is -0.455 e. The monoisotopic (exact) mass is 750 g/mol. The predicted molar refractivity (Wildman–Crippen MR) is 247 cm³/mol. The topological polar surface area (TPSA) is 38.9 Å². The Morgan fingerprint density at radius 2 is 0.898 bits per heavy atom. The fraction of sp³-hybridized carbons (Fsp3) is 0. The van der Waals surface area contributed by atoms with E-state index in [-0.39, 0.29) is 0 Å². The Labute approximate surface area is 340 Å². The number of aromatic nitrogens is 2. The van der Waals surface area contributed by atoms with Crippen molar-refractivity contribution in [2.45, 2.75) is 0 Å². The number of furan rings is 1. The highest BCUT2D eigenvalue weighted by atomic mass is 16.3. The molecular formula is C56H34N2O. The fourth-order valence-electron chi connectivity index (χ4n) is 9.00. The van der Waals surface area contributed by atoms with E-state index in [2.05, 4.69) is 200 Å². The van der Waals surface area contributed by atoms with Crippen molar-refractivity contribution >= 4 is 65.3 Å². The summed E-state index contributed by atoms with van der Waals surface area (Å²) >= 11 is 0.